The molecule has 0 atom stereocenters. The van der Waals surface area contributed by atoms with E-state index in [0.29, 0.717) is 0 Å². The molecular formula is C3H8LiNO2. The van der Waals surface area contributed by atoms with Crippen molar-refractivity contribution in [1.82, 2.24) is 0 Å². The van der Waals surface area contributed by atoms with Gasteiger partial charge < -0.3 is 10.5 Å². The number of hydrogen-bond donors (Lipinski definition) is 1. The van der Waals surface area contributed by atoms with Crippen LogP contribution in [0.25, 0.3) is 0 Å². The van der Waals surface area contributed by atoms with E-state index in [2.05, 4.69) is 4.74 Å². The van der Waals surface area contributed by atoms with Gasteiger partial charge in [-0.2, -0.15) is 0 Å². The molecule has 38 valence electrons. The Morgan fingerprint density at radius 2 is 2.29 bits per heavy atom. The number of carbonyl (C=O) groups excluding carboxylic acids is 1. The number of rotatable bonds is 1. The molecule has 7 heavy (non-hydrogen) atoms. The monoisotopic (exact) mass is 97.1 g/mol. The first-order valence-electron chi connectivity index (χ1n) is 1.58. The summed E-state index contributed by atoms with van der Waals surface area (Å²) in [4.78, 5) is 9.83. The Morgan fingerprint density at radius 3 is 2.29 bits per heavy atom. The normalized spacial score (nSPS) is 6.57. The van der Waals surface area contributed by atoms with Gasteiger partial charge in [0.15, 0.2) is 0 Å². The van der Waals surface area contributed by atoms with Crippen LogP contribution in [0, 0.1) is 0 Å². The van der Waals surface area contributed by atoms with E-state index in [1.54, 1.807) is 0 Å². The Bertz CT molecular complexity index is 50.9. The molecule has 0 rings (SSSR count). The van der Waals surface area contributed by atoms with Crippen molar-refractivity contribution in [2.24, 2.45) is 5.73 Å². The molecule has 0 aromatic rings. The summed E-state index contributed by atoms with van der Waals surface area (Å²) in [7, 11) is 1.30. The van der Waals surface area contributed by atoms with Crippen molar-refractivity contribution in [1.29, 1.82) is 0 Å². The van der Waals surface area contributed by atoms with E-state index in [-0.39, 0.29) is 31.4 Å². The molecular weight excluding hydrogens is 89.0 g/mol. The average Bonchev–Trinajstić information content (AvgIpc) is 1.65. The van der Waals surface area contributed by atoms with Gasteiger partial charge in [0.2, 0.25) is 0 Å². The van der Waals surface area contributed by atoms with Crippen LogP contribution in [-0.4, -0.2) is 38.5 Å². The number of methoxy groups -OCH3 is 1. The first-order chi connectivity index (χ1) is 2.81. The molecule has 0 radical (unpaired) electrons. The van der Waals surface area contributed by atoms with E-state index in [1.165, 1.54) is 7.11 Å². The van der Waals surface area contributed by atoms with Crippen molar-refractivity contribution in [3.63, 3.8) is 0 Å². The third-order valence-electron chi connectivity index (χ3n) is 0.394. The van der Waals surface area contributed by atoms with Gasteiger partial charge >= 0.3 is 24.8 Å². The summed E-state index contributed by atoms with van der Waals surface area (Å²) in [6.45, 7) is -0.0312. The molecule has 0 heterocycles. The Kier molecular flexibility index (Phi) is 8.70. The predicted molar refractivity (Wildman–Crippen MR) is 28.2 cm³/mol. The van der Waals surface area contributed by atoms with Crippen LogP contribution < -0.4 is 5.73 Å². The van der Waals surface area contributed by atoms with Crippen molar-refractivity contribution in [2.75, 3.05) is 13.7 Å². The van der Waals surface area contributed by atoms with Gasteiger partial charge in [-0.15, -0.1) is 0 Å². The molecule has 0 aliphatic heterocycles. The number of carbonyl (C=O) groups is 1. The molecule has 0 aliphatic rings. The van der Waals surface area contributed by atoms with Crippen LogP contribution in [0.3, 0.4) is 0 Å². The Morgan fingerprint density at radius 1 is 1.86 bits per heavy atom. The Balaban J connectivity index is 0. The first-order valence-corrected chi connectivity index (χ1v) is 1.58. The van der Waals surface area contributed by atoms with Gasteiger partial charge in [0, 0.05) is 0 Å². The summed E-state index contributed by atoms with van der Waals surface area (Å²) < 4.78 is 4.14. The van der Waals surface area contributed by atoms with E-state index in [0.717, 1.165) is 0 Å². The zero-order chi connectivity index (χ0) is 4.99. The van der Waals surface area contributed by atoms with Crippen molar-refractivity contribution in [3.05, 3.63) is 0 Å². The van der Waals surface area contributed by atoms with Crippen LogP contribution in [0.5, 0.6) is 0 Å². The van der Waals surface area contributed by atoms with Crippen LogP contribution in [0.4, 0.5) is 0 Å². The molecule has 0 fully saturated rings. The summed E-state index contributed by atoms with van der Waals surface area (Å²) in [6.07, 6.45) is 0. The van der Waals surface area contributed by atoms with Crippen LogP contribution in [0.2, 0.25) is 0 Å². The number of nitrogens with two attached hydrogens (primary N) is 1. The molecule has 0 saturated heterocycles. The number of hydrogen-bond acceptors (Lipinski definition) is 3. The zero-order valence-electron chi connectivity index (χ0n) is 3.60. The SMILES string of the molecule is COC(=O)CN.[LiH]. The fourth-order valence-electron chi connectivity index (χ4n) is 0.0833. The van der Waals surface area contributed by atoms with Crippen molar-refractivity contribution < 1.29 is 9.53 Å². The second-order valence-corrected chi connectivity index (χ2v) is 0.780. The fourth-order valence-corrected chi connectivity index (χ4v) is 0.0833. The van der Waals surface area contributed by atoms with Crippen molar-refractivity contribution in [3.8, 4) is 0 Å². The molecule has 0 spiro atoms. The van der Waals surface area contributed by atoms with E-state index < -0.39 is 0 Å². The van der Waals surface area contributed by atoms with Gasteiger partial charge in [-0.25, -0.2) is 0 Å². The molecule has 0 aromatic carbocycles. The number of ether oxygens (including phenoxy) is 1. The summed E-state index contributed by atoms with van der Waals surface area (Å²) >= 11 is 0. The van der Waals surface area contributed by atoms with E-state index in [1.807, 2.05) is 0 Å². The van der Waals surface area contributed by atoms with Gasteiger partial charge in [-0.05, 0) is 0 Å². The predicted octanol–water partition coefficient (Wildman–Crippen LogP) is -1.53. The van der Waals surface area contributed by atoms with Crippen LogP contribution >= 0.6 is 0 Å². The third-order valence-corrected chi connectivity index (χ3v) is 0.394. The molecule has 0 unspecified atom stereocenters. The van der Waals surface area contributed by atoms with E-state index >= 15 is 0 Å². The van der Waals surface area contributed by atoms with Crippen molar-refractivity contribution >= 4 is 24.8 Å². The molecule has 2 N–H and O–H groups in total. The maximum absolute atomic E-state index is 9.83. The summed E-state index contributed by atoms with van der Waals surface area (Å²) in [5.41, 5.74) is 4.81. The minimum absolute atomic E-state index is 0. The van der Waals surface area contributed by atoms with E-state index in [9.17, 15) is 4.79 Å². The van der Waals surface area contributed by atoms with Gasteiger partial charge in [0.1, 0.15) is 0 Å². The maximum atomic E-state index is 9.83. The van der Waals surface area contributed by atoms with Crippen molar-refractivity contribution in [2.45, 2.75) is 0 Å². The fraction of sp³-hybridized carbons (Fsp3) is 0.667. The van der Waals surface area contributed by atoms with Gasteiger partial charge in [0.05, 0.1) is 13.7 Å². The van der Waals surface area contributed by atoms with Gasteiger partial charge in [-0.1, -0.05) is 0 Å². The summed E-state index contributed by atoms with van der Waals surface area (Å²) in [5, 5.41) is 0. The van der Waals surface area contributed by atoms with Gasteiger partial charge in [0.25, 0.3) is 0 Å². The standard InChI is InChI=1S/C3H7NO2.Li.H/c1-6-3(5)2-4;;/h2,4H2,1H3;;. The average molecular weight is 97.0 g/mol. The second-order valence-electron chi connectivity index (χ2n) is 0.780. The van der Waals surface area contributed by atoms with Crippen LogP contribution in [0.15, 0.2) is 0 Å². The molecule has 3 nitrogen and oxygen atoms in total. The molecule has 0 saturated carbocycles. The molecule has 0 aliphatic carbocycles. The van der Waals surface area contributed by atoms with Gasteiger partial charge in [-0.3, -0.25) is 4.79 Å². The molecule has 0 amide bonds. The van der Waals surface area contributed by atoms with E-state index in [4.69, 9.17) is 5.73 Å². The summed E-state index contributed by atoms with van der Waals surface area (Å²) in [6, 6.07) is 0. The zero-order valence-corrected chi connectivity index (χ0v) is 3.60. The number of esters is 1. The Labute approximate surface area is 54.4 Å². The Hall–Kier alpha value is 0.0274. The topological polar surface area (TPSA) is 52.3 Å². The minimum atomic E-state index is -0.380. The second kappa shape index (κ2) is 6.03. The molecule has 0 bridgehead atoms. The third kappa shape index (κ3) is 6.03. The van der Waals surface area contributed by atoms with Crippen LogP contribution in [0.1, 0.15) is 0 Å². The first kappa shape index (κ1) is 10.1. The molecule has 0 aromatic heterocycles. The summed E-state index contributed by atoms with van der Waals surface area (Å²) in [5.74, 6) is -0.380. The van der Waals surface area contributed by atoms with Crippen LogP contribution in [-0.2, 0) is 9.53 Å². The quantitative estimate of drug-likeness (QED) is 0.319. The molecule has 4 heteroatoms.